The van der Waals surface area contributed by atoms with Gasteiger partial charge in [0, 0.05) is 5.57 Å². The predicted octanol–water partition coefficient (Wildman–Crippen LogP) is 1.49. The molecule has 0 aromatic heterocycles. The number of hydrogen-bond acceptors (Lipinski definition) is 2. The molecule has 0 aromatic rings. The molecule has 3 N–H and O–H groups in total. The van der Waals surface area contributed by atoms with Crippen LogP contribution in [0.4, 0.5) is 0 Å². The van der Waals surface area contributed by atoms with Crippen molar-refractivity contribution in [2.75, 3.05) is 0 Å². The smallest absolute Gasteiger partial charge is 0.139 e. The summed E-state index contributed by atoms with van der Waals surface area (Å²) in [5.74, 6) is 0. The topological polar surface area (TPSA) is 46.2 Å². The monoisotopic (exact) mass is 165 g/mol. The molecule has 1 atom stereocenters. The molecule has 0 saturated carbocycles. The molecule has 0 radical (unpaired) electrons. The van der Waals surface area contributed by atoms with Crippen molar-refractivity contribution in [2.24, 2.45) is 5.73 Å². The first-order chi connectivity index (χ1) is 5.61. The van der Waals surface area contributed by atoms with E-state index in [0.717, 1.165) is 24.0 Å². The molecule has 0 amide bonds. The van der Waals surface area contributed by atoms with Gasteiger partial charge in [-0.2, -0.15) is 0 Å². The maximum absolute atomic E-state index is 9.74. The first-order valence-corrected chi connectivity index (χ1v) is 4.11. The van der Waals surface area contributed by atoms with Crippen molar-refractivity contribution in [3.63, 3.8) is 0 Å². The molecule has 1 aliphatic carbocycles. The lowest BCUT2D eigenvalue weighted by Gasteiger charge is -2.30. The van der Waals surface area contributed by atoms with Crippen LogP contribution >= 0.6 is 0 Å². The van der Waals surface area contributed by atoms with E-state index in [-0.39, 0.29) is 0 Å². The van der Waals surface area contributed by atoms with Gasteiger partial charge in [0.2, 0.25) is 0 Å². The van der Waals surface area contributed by atoms with Crippen LogP contribution in [0.15, 0.2) is 36.5 Å². The van der Waals surface area contributed by atoms with E-state index in [2.05, 4.69) is 13.2 Å². The molecule has 0 aliphatic heterocycles. The quantitative estimate of drug-likeness (QED) is 0.609. The molecule has 12 heavy (non-hydrogen) atoms. The lowest BCUT2D eigenvalue weighted by Crippen LogP contribution is -2.43. The minimum Gasteiger partial charge on any atom is -0.372 e. The van der Waals surface area contributed by atoms with Crippen LogP contribution in [0.25, 0.3) is 0 Å². The highest BCUT2D eigenvalue weighted by molar-refractivity contribution is 5.38. The van der Waals surface area contributed by atoms with Gasteiger partial charge in [0.15, 0.2) is 0 Å². The van der Waals surface area contributed by atoms with Crippen molar-refractivity contribution in [2.45, 2.75) is 25.0 Å². The van der Waals surface area contributed by atoms with Crippen molar-refractivity contribution in [3.05, 3.63) is 36.5 Å². The maximum atomic E-state index is 9.74. The van der Waals surface area contributed by atoms with Crippen LogP contribution in [0.3, 0.4) is 0 Å². The Morgan fingerprint density at radius 2 is 2.08 bits per heavy atom. The average Bonchev–Trinajstić information content (AvgIpc) is 2.02. The Balaban J connectivity index is 3.10. The summed E-state index contributed by atoms with van der Waals surface area (Å²) in [6.07, 6.45) is 5.81. The zero-order valence-corrected chi connectivity index (χ0v) is 7.21. The Morgan fingerprint density at radius 3 is 2.50 bits per heavy atom. The van der Waals surface area contributed by atoms with E-state index < -0.39 is 5.72 Å². The number of nitrogens with two attached hydrogens (primary N) is 1. The zero-order valence-electron chi connectivity index (χ0n) is 7.21. The zero-order chi connectivity index (χ0) is 9.19. The molecule has 0 bridgehead atoms. The average molecular weight is 165 g/mol. The van der Waals surface area contributed by atoms with Gasteiger partial charge in [-0.05, 0) is 24.8 Å². The van der Waals surface area contributed by atoms with Crippen molar-refractivity contribution < 1.29 is 5.11 Å². The van der Waals surface area contributed by atoms with E-state index >= 15 is 0 Å². The Labute approximate surface area is 73.1 Å². The van der Waals surface area contributed by atoms with Gasteiger partial charge >= 0.3 is 0 Å². The summed E-state index contributed by atoms with van der Waals surface area (Å²) in [7, 11) is 0. The molecule has 0 spiro atoms. The van der Waals surface area contributed by atoms with Gasteiger partial charge in [-0.25, -0.2) is 0 Å². The molecule has 0 saturated heterocycles. The number of aliphatic hydroxyl groups is 1. The molecule has 1 rings (SSSR count). The van der Waals surface area contributed by atoms with Gasteiger partial charge in [0.1, 0.15) is 5.72 Å². The lowest BCUT2D eigenvalue weighted by atomic mass is 9.85. The minimum atomic E-state index is -1.19. The largest absolute Gasteiger partial charge is 0.372 e. The summed E-state index contributed by atoms with van der Waals surface area (Å²) in [5.41, 5.74) is 6.23. The summed E-state index contributed by atoms with van der Waals surface area (Å²) in [4.78, 5) is 0. The van der Waals surface area contributed by atoms with E-state index in [9.17, 15) is 5.11 Å². The Bertz CT molecular complexity index is 238. The highest BCUT2D eigenvalue weighted by Crippen LogP contribution is 2.30. The SMILES string of the molecule is C=CC1=C(C=C)C(N)(O)CCC1. The molecule has 2 heteroatoms. The van der Waals surface area contributed by atoms with E-state index in [1.807, 2.05) is 0 Å². The Hall–Kier alpha value is -0.860. The molecule has 2 nitrogen and oxygen atoms in total. The molecular formula is C10H15NO. The summed E-state index contributed by atoms with van der Waals surface area (Å²) >= 11 is 0. The summed E-state index contributed by atoms with van der Waals surface area (Å²) < 4.78 is 0. The second-order valence-electron chi connectivity index (χ2n) is 3.12. The van der Waals surface area contributed by atoms with Crippen molar-refractivity contribution in [3.8, 4) is 0 Å². The summed E-state index contributed by atoms with van der Waals surface area (Å²) in [6, 6.07) is 0. The number of hydrogen-bond donors (Lipinski definition) is 2. The van der Waals surface area contributed by atoms with E-state index in [0.29, 0.717) is 6.42 Å². The third kappa shape index (κ3) is 1.49. The van der Waals surface area contributed by atoms with E-state index in [4.69, 9.17) is 5.73 Å². The third-order valence-electron chi connectivity index (χ3n) is 2.27. The molecule has 1 unspecified atom stereocenters. The van der Waals surface area contributed by atoms with Gasteiger partial charge < -0.3 is 5.11 Å². The Kier molecular flexibility index (Phi) is 2.50. The van der Waals surface area contributed by atoms with Crippen LogP contribution in [-0.4, -0.2) is 10.8 Å². The van der Waals surface area contributed by atoms with Crippen LogP contribution in [0.1, 0.15) is 19.3 Å². The van der Waals surface area contributed by atoms with Crippen molar-refractivity contribution in [1.29, 1.82) is 0 Å². The van der Waals surface area contributed by atoms with Gasteiger partial charge in [0.25, 0.3) is 0 Å². The normalized spacial score (nSPS) is 30.2. The van der Waals surface area contributed by atoms with Gasteiger partial charge in [0.05, 0.1) is 0 Å². The number of allylic oxidation sites excluding steroid dienone is 2. The third-order valence-corrected chi connectivity index (χ3v) is 2.27. The van der Waals surface area contributed by atoms with Crippen molar-refractivity contribution in [1.82, 2.24) is 0 Å². The maximum Gasteiger partial charge on any atom is 0.139 e. The van der Waals surface area contributed by atoms with Crippen LogP contribution in [0.5, 0.6) is 0 Å². The highest BCUT2D eigenvalue weighted by atomic mass is 16.3. The second-order valence-corrected chi connectivity index (χ2v) is 3.12. The van der Waals surface area contributed by atoms with E-state index in [1.165, 1.54) is 0 Å². The first kappa shape index (κ1) is 9.23. The van der Waals surface area contributed by atoms with Crippen LogP contribution < -0.4 is 5.73 Å². The fraction of sp³-hybridized carbons (Fsp3) is 0.400. The summed E-state index contributed by atoms with van der Waals surface area (Å²) in [5, 5.41) is 9.74. The molecular weight excluding hydrogens is 150 g/mol. The number of rotatable bonds is 2. The molecule has 0 fully saturated rings. The van der Waals surface area contributed by atoms with Gasteiger partial charge in [-0.1, -0.05) is 25.3 Å². The fourth-order valence-electron chi connectivity index (χ4n) is 1.62. The minimum absolute atomic E-state index is 0.603. The van der Waals surface area contributed by atoms with E-state index in [1.54, 1.807) is 12.2 Å². The Morgan fingerprint density at radius 1 is 1.42 bits per heavy atom. The molecule has 0 aromatic carbocycles. The van der Waals surface area contributed by atoms with Crippen LogP contribution in [-0.2, 0) is 0 Å². The molecule has 1 aliphatic rings. The van der Waals surface area contributed by atoms with Gasteiger partial charge in [-0.3, -0.25) is 5.73 Å². The fourth-order valence-corrected chi connectivity index (χ4v) is 1.62. The highest BCUT2D eigenvalue weighted by Gasteiger charge is 2.29. The van der Waals surface area contributed by atoms with Gasteiger partial charge in [-0.15, -0.1) is 0 Å². The molecule has 66 valence electrons. The summed E-state index contributed by atoms with van der Waals surface area (Å²) in [6.45, 7) is 7.31. The standard InChI is InChI=1S/C10H15NO/c1-3-8-6-5-7-10(11,12)9(8)4-2/h3-4,12H,1-2,5-7,11H2. The van der Waals surface area contributed by atoms with Crippen LogP contribution in [0, 0.1) is 0 Å². The lowest BCUT2D eigenvalue weighted by molar-refractivity contribution is 0.0711. The first-order valence-electron chi connectivity index (χ1n) is 4.11. The molecule has 0 heterocycles. The predicted molar refractivity (Wildman–Crippen MR) is 50.4 cm³/mol. The van der Waals surface area contributed by atoms with Crippen molar-refractivity contribution >= 4 is 0 Å². The second kappa shape index (κ2) is 3.25. The van der Waals surface area contributed by atoms with Crippen LogP contribution in [0.2, 0.25) is 0 Å².